The third-order valence-electron chi connectivity index (χ3n) is 3.94. The second kappa shape index (κ2) is 7.47. The molecule has 9 heteroatoms. The van der Waals surface area contributed by atoms with Crippen LogP contribution in [0.3, 0.4) is 0 Å². The number of ether oxygens (including phenoxy) is 1. The van der Waals surface area contributed by atoms with Crippen molar-refractivity contribution < 1.29 is 19.2 Å². The third-order valence-corrected chi connectivity index (χ3v) is 6.38. The minimum absolute atomic E-state index is 0.0501. The second-order valence-corrected chi connectivity index (χ2v) is 9.10. The second-order valence-electron chi connectivity index (χ2n) is 5.93. The quantitative estimate of drug-likeness (QED) is 0.626. The fourth-order valence-electron chi connectivity index (χ4n) is 2.73. The molecule has 3 aromatic rings. The van der Waals surface area contributed by atoms with E-state index in [1.54, 1.807) is 30.3 Å². The number of thiophene rings is 1. The van der Waals surface area contributed by atoms with Crippen molar-refractivity contribution in [1.29, 1.82) is 0 Å². The van der Waals surface area contributed by atoms with E-state index in [1.807, 2.05) is 6.07 Å². The highest BCUT2D eigenvalue weighted by Gasteiger charge is 2.30. The summed E-state index contributed by atoms with van der Waals surface area (Å²) in [5.74, 6) is 1.22. The zero-order chi connectivity index (χ0) is 19.0. The number of carboxylic acid groups (broad SMARTS) is 1. The standard InChI is InChI=1S/C18H13ClN2O4S2/c19-15-6-5-14(26-15)17-20-13-9-27(24)8-12(13)18(21-17)25-11-3-1-10(2-4-11)7-16(22)23/h1-6H,7-9H2,(H,22,23). The molecule has 138 valence electrons. The normalized spacial score (nSPS) is 15.6. The average Bonchev–Trinajstić information content (AvgIpc) is 3.21. The van der Waals surface area contributed by atoms with Crippen LogP contribution in [0, 0.1) is 0 Å². The van der Waals surface area contributed by atoms with E-state index in [2.05, 4.69) is 9.97 Å². The van der Waals surface area contributed by atoms with Crippen molar-refractivity contribution in [2.45, 2.75) is 17.9 Å². The monoisotopic (exact) mass is 420 g/mol. The summed E-state index contributed by atoms with van der Waals surface area (Å²) in [5, 5.41) is 8.86. The zero-order valence-corrected chi connectivity index (χ0v) is 16.2. The lowest BCUT2D eigenvalue weighted by atomic mass is 10.1. The summed E-state index contributed by atoms with van der Waals surface area (Å²) in [6, 6.07) is 10.4. The Balaban J connectivity index is 1.67. The Morgan fingerprint density at radius 3 is 2.67 bits per heavy atom. The first-order valence-electron chi connectivity index (χ1n) is 7.97. The Bertz CT molecular complexity index is 1010. The number of benzene rings is 1. The predicted octanol–water partition coefficient (Wildman–Crippen LogP) is 4.04. The van der Waals surface area contributed by atoms with Gasteiger partial charge in [0.2, 0.25) is 5.88 Å². The molecule has 0 fully saturated rings. The van der Waals surface area contributed by atoms with E-state index in [9.17, 15) is 9.35 Å². The molecule has 0 spiro atoms. The molecule has 2 aromatic heterocycles. The smallest absolute Gasteiger partial charge is 0.307 e. The van der Waals surface area contributed by atoms with Gasteiger partial charge in [0.25, 0.3) is 0 Å². The van der Waals surface area contributed by atoms with Gasteiger partial charge < -0.3 is 14.4 Å². The third kappa shape index (κ3) is 4.08. The minimum atomic E-state index is -1.03. The van der Waals surface area contributed by atoms with E-state index in [4.69, 9.17) is 21.4 Å². The van der Waals surface area contributed by atoms with Gasteiger partial charge in [0.05, 0.1) is 21.2 Å². The lowest BCUT2D eigenvalue weighted by molar-refractivity contribution is -0.136. The Morgan fingerprint density at radius 1 is 1.22 bits per heavy atom. The molecule has 1 aliphatic heterocycles. The van der Waals surface area contributed by atoms with E-state index < -0.39 is 17.1 Å². The summed E-state index contributed by atoms with van der Waals surface area (Å²) >= 11 is 6.35. The van der Waals surface area contributed by atoms with Gasteiger partial charge in [-0.15, -0.1) is 11.3 Å². The SMILES string of the molecule is O=C(O)Cc1ccc(Oc2nc(-c3ccc(Cl)s3)nc3c2C[S+]([O-])C3)cc1. The van der Waals surface area contributed by atoms with Crippen LogP contribution in [0.5, 0.6) is 11.6 Å². The molecule has 1 unspecified atom stereocenters. The maximum absolute atomic E-state index is 12.0. The molecule has 1 atom stereocenters. The van der Waals surface area contributed by atoms with Gasteiger partial charge >= 0.3 is 5.97 Å². The summed E-state index contributed by atoms with van der Waals surface area (Å²) < 4.78 is 18.6. The Hall–Kier alpha value is -2.13. The number of fused-ring (bicyclic) bond motifs is 1. The van der Waals surface area contributed by atoms with Gasteiger partial charge in [0.15, 0.2) is 5.82 Å². The van der Waals surface area contributed by atoms with Crippen molar-refractivity contribution in [3.63, 3.8) is 0 Å². The number of carbonyl (C=O) groups is 1. The van der Waals surface area contributed by atoms with Gasteiger partial charge in [-0.25, -0.2) is 4.98 Å². The molecule has 0 aliphatic carbocycles. The molecule has 0 amide bonds. The number of aromatic nitrogens is 2. The van der Waals surface area contributed by atoms with Crippen molar-refractivity contribution in [3.05, 3.63) is 57.6 Å². The molecule has 0 saturated carbocycles. The van der Waals surface area contributed by atoms with Crippen LogP contribution in [-0.2, 0) is 33.9 Å². The lowest BCUT2D eigenvalue weighted by Crippen LogP contribution is -2.01. The first-order chi connectivity index (χ1) is 13.0. The maximum Gasteiger partial charge on any atom is 0.307 e. The predicted molar refractivity (Wildman–Crippen MR) is 104 cm³/mol. The zero-order valence-electron chi connectivity index (χ0n) is 13.8. The van der Waals surface area contributed by atoms with Crippen LogP contribution < -0.4 is 4.74 Å². The van der Waals surface area contributed by atoms with Gasteiger partial charge in [-0.05, 0) is 41.0 Å². The van der Waals surface area contributed by atoms with Crippen LogP contribution >= 0.6 is 22.9 Å². The number of hydrogen-bond donors (Lipinski definition) is 1. The summed E-state index contributed by atoms with van der Waals surface area (Å²) in [6.07, 6.45) is -0.0501. The maximum atomic E-state index is 12.0. The molecule has 1 N–H and O–H groups in total. The summed E-state index contributed by atoms with van der Waals surface area (Å²) in [7, 11) is 0. The fraction of sp³-hybridized carbons (Fsp3) is 0.167. The highest BCUT2D eigenvalue weighted by molar-refractivity contribution is 7.90. The number of halogens is 1. The van der Waals surface area contributed by atoms with E-state index >= 15 is 0 Å². The number of rotatable bonds is 5. The van der Waals surface area contributed by atoms with E-state index in [0.29, 0.717) is 38.9 Å². The first kappa shape index (κ1) is 18.2. The Kier molecular flexibility index (Phi) is 5.05. The fourth-order valence-corrected chi connectivity index (χ4v) is 4.96. The highest BCUT2D eigenvalue weighted by atomic mass is 35.5. The Morgan fingerprint density at radius 2 is 2.00 bits per heavy atom. The number of nitrogens with zero attached hydrogens (tertiary/aromatic N) is 2. The number of aliphatic carboxylic acids is 1. The van der Waals surface area contributed by atoms with E-state index in [-0.39, 0.29) is 6.42 Å². The molecule has 1 aliphatic rings. The van der Waals surface area contributed by atoms with Gasteiger partial charge in [0, 0.05) is 0 Å². The van der Waals surface area contributed by atoms with Gasteiger partial charge in [-0.1, -0.05) is 23.7 Å². The van der Waals surface area contributed by atoms with Crippen molar-refractivity contribution in [2.75, 3.05) is 0 Å². The van der Waals surface area contributed by atoms with Crippen molar-refractivity contribution in [1.82, 2.24) is 9.97 Å². The molecular formula is C18H13ClN2O4S2. The largest absolute Gasteiger partial charge is 0.616 e. The molecule has 0 saturated heterocycles. The number of carboxylic acids is 1. The molecule has 6 nitrogen and oxygen atoms in total. The Labute approximate surface area is 167 Å². The van der Waals surface area contributed by atoms with Crippen LogP contribution in [0.2, 0.25) is 4.34 Å². The topological polar surface area (TPSA) is 95.4 Å². The molecule has 27 heavy (non-hydrogen) atoms. The molecular weight excluding hydrogens is 408 g/mol. The summed E-state index contributed by atoms with van der Waals surface area (Å²) in [6.45, 7) is 0. The summed E-state index contributed by atoms with van der Waals surface area (Å²) in [5.41, 5.74) is 2.15. The van der Waals surface area contributed by atoms with Crippen LogP contribution in [0.1, 0.15) is 16.8 Å². The van der Waals surface area contributed by atoms with Gasteiger partial charge in [-0.2, -0.15) is 4.98 Å². The molecule has 3 heterocycles. The molecule has 4 rings (SSSR count). The minimum Gasteiger partial charge on any atom is -0.616 e. The molecule has 0 radical (unpaired) electrons. The summed E-state index contributed by atoms with van der Waals surface area (Å²) in [4.78, 5) is 20.7. The van der Waals surface area contributed by atoms with Crippen LogP contribution in [0.15, 0.2) is 36.4 Å². The average molecular weight is 421 g/mol. The lowest BCUT2D eigenvalue weighted by Gasteiger charge is -2.10. The first-order valence-corrected chi connectivity index (χ1v) is 10.7. The van der Waals surface area contributed by atoms with Crippen molar-refractivity contribution >= 4 is 40.1 Å². The van der Waals surface area contributed by atoms with Crippen LogP contribution in [0.25, 0.3) is 10.7 Å². The van der Waals surface area contributed by atoms with Gasteiger partial charge in [-0.3, -0.25) is 4.79 Å². The van der Waals surface area contributed by atoms with Crippen LogP contribution in [0.4, 0.5) is 0 Å². The number of hydrogen-bond acceptors (Lipinski definition) is 6. The highest BCUT2D eigenvalue weighted by Crippen LogP contribution is 2.37. The van der Waals surface area contributed by atoms with Gasteiger partial charge in [0.1, 0.15) is 22.9 Å². The van der Waals surface area contributed by atoms with E-state index in [0.717, 1.165) is 16.1 Å². The van der Waals surface area contributed by atoms with Crippen molar-refractivity contribution in [3.8, 4) is 22.3 Å². The van der Waals surface area contributed by atoms with E-state index in [1.165, 1.54) is 11.3 Å². The molecule has 0 bridgehead atoms. The molecule has 1 aromatic carbocycles. The van der Waals surface area contributed by atoms with Crippen molar-refractivity contribution in [2.24, 2.45) is 0 Å². The van der Waals surface area contributed by atoms with Crippen LogP contribution in [-0.4, -0.2) is 25.6 Å².